The molecule has 2 aliphatic carbocycles. The molecular weight excluding hydrogens is 234 g/mol. The Hall–Kier alpha value is -0.860. The molecule has 104 valence electrons. The molecule has 2 aliphatic rings. The Balaban J connectivity index is 1.59. The van der Waals surface area contributed by atoms with Crippen LogP contribution in [0.3, 0.4) is 0 Å². The molecule has 2 heteroatoms. The minimum atomic E-state index is -0.0563. The number of aliphatic hydroxyl groups is 1. The zero-order valence-electron chi connectivity index (χ0n) is 11.6. The molecule has 2 N–H and O–H groups in total. The Morgan fingerprint density at radius 1 is 1.11 bits per heavy atom. The van der Waals surface area contributed by atoms with Gasteiger partial charge in [0.05, 0.1) is 6.10 Å². The Morgan fingerprint density at radius 2 is 2.00 bits per heavy atom. The summed E-state index contributed by atoms with van der Waals surface area (Å²) in [6.45, 7) is 1.07. The quantitative estimate of drug-likeness (QED) is 0.873. The summed E-state index contributed by atoms with van der Waals surface area (Å²) in [7, 11) is 0. The molecule has 0 amide bonds. The van der Waals surface area contributed by atoms with Gasteiger partial charge in [0.25, 0.3) is 0 Å². The van der Waals surface area contributed by atoms with Gasteiger partial charge in [0.2, 0.25) is 0 Å². The van der Waals surface area contributed by atoms with E-state index in [1.807, 2.05) is 0 Å². The third-order valence-electron chi connectivity index (χ3n) is 4.78. The molecule has 0 heterocycles. The molecule has 1 saturated carbocycles. The molecular formula is C17H25NO. The average Bonchev–Trinajstić information content (AvgIpc) is 2.45. The molecule has 0 spiro atoms. The molecule has 1 fully saturated rings. The van der Waals surface area contributed by atoms with Crippen molar-refractivity contribution in [1.82, 2.24) is 5.32 Å². The predicted octanol–water partition coefficient (Wildman–Crippen LogP) is 3.20. The largest absolute Gasteiger partial charge is 0.393 e. The normalized spacial score (nSPS) is 30.9. The van der Waals surface area contributed by atoms with Crippen molar-refractivity contribution < 1.29 is 5.11 Å². The highest BCUT2D eigenvalue weighted by atomic mass is 16.3. The van der Waals surface area contributed by atoms with Gasteiger partial charge in [-0.25, -0.2) is 0 Å². The molecule has 2 nitrogen and oxygen atoms in total. The van der Waals surface area contributed by atoms with Gasteiger partial charge in [-0.2, -0.15) is 0 Å². The highest BCUT2D eigenvalue weighted by molar-refractivity contribution is 5.32. The minimum Gasteiger partial charge on any atom is -0.393 e. The van der Waals surface area contributed by atoms with Crippen molar-refractivity contribution in [3.05, 3.63) is 35.4 Å². The van der Waals surface area contributed by atoms with Crippen LogP contribution in [0.1, 0.15) is 55.7 Å². The highest BCUT2D eigenvalue weighted by Crippen LogP contribution is 2.30. The fraction of sp³-hybridized carbons (Fsp3) is 0.647. The summed E-state index contributed by atoms with van der Waals surface area (Å²) < 4.78 is 0. The maximum atomic E-state index is 9.75. The fourth-order valence-electron chi connectivity index (χ4n) is 3.72. The molecule has 3 unspecified atom stereocenters. The molecule has 0 aromatic heterocycles. The molecule has 3 rings (SSSR count). The van der Waals surface area contributed by atoms with E-state index in [2.05, 4.69) is 29.6 Å². The Morgan fingerprint density at radius 3 is 2.89 bits per heavy atom. The first-order chi connectivity index (χ1) is 9.33. The van der Waals surface area contributed by atoms with Crippen LogP contribution in [0.4, 0.5) is 0 Å². The Kier molecular flexibility index (Phi) is 4.19. The van der Waals surface area contributed by atoms with Crippen LogP contribution in [0, 0.1) is 5.92 Å². The number of hydrogen-bond acceptors (Lipinski definition) is 2. The van der Waals surface area contributed by atoms with E-state index < -0.39 is 0 Å². The van der Waals surface area contributed by atoms with Gasteiger partial charge in [-0.05, 0) is 62.1 Å². The number of fused-ring (bicyclic) bond motifs is 1. The number of hydrogen-bond donors (Lipinski definition) is 2. The summed E-state index contributed by atoms with van der Waals surface area (Å²) in [4.78, 5) is 0. The first-order valence-electron chi connectivity index (χ1n) is 7.82. The summed E-state index contributed by atoms with van der Waals surface area (Å²) in [5.74, 6) is 0.665. The van der Waals surface area contributed by atoms with E-state index in [0.717, 1.165) is 19.4 Å². The van der Waals surface area contributed by atoms with Gasteiger partial charge < -0.3 is 10.4 Å². The second-order valence-electron chi connectivity index (χ2n) is 6.24. The van der Waals surface area contributed by atoms with Crippen molar-refractivity contribution in [3.63, 3.8) is 0 Å². The maximum absolute atomic E-state index is 9.75. The number of rotatable bonds is 3. The molecule has 3 atom stereocenters. The number of aryl methyl sites for hydroxylation is 1. The summed E-state index contributed by atoms with van der Waals surface area (Å²) in [6, 6.07) is 9.39. The van der Waals surface area contributed by atoms with Gasteiger partial charge in [-0.3, -0.25) is 0 Å². The van der Waals surface area contributed by atoms with Gasteiger partial charge in [0.15, 0.2) is 0 Å². The van der Waals surface area contributed by atoms with Gasteiger partial charge in [-0.1, -0.05) is 30.7 Å². The van der Waals surface area contributed by atoms with Crippen LogP contribution >= 0.6 is 0 Å². The second kappa shape index (κ2) is 6.06. The lowest BCUT2D eigenvalue weighted by molar-refractivity contribution is 0.0993. The average molecular weight is 259 g/mol. The SMILES string of the molecule is OC1CCCC(CNC2CCCc3ccccc32)C1. The zero-order chi connectivity index (χ0) is 13.1. The van der Waals surface area contributed by atoms with Crippen LogP contribution in [0.2, 0.25) is 0 Å². The lowest BCUT2D eigenvalue weighted by Gasteiger charge is -2.31. The van der Waals surface area contributed by atoms with E-state index in [1.54, 1.807) is 0 Å². The van der Waals surface area contributed by atoms with Gasteiger partial charge in [0, 0.05) is 6.04 Å². The summed E-state index contributed by atoms with van der Waals surface area (Å²) in [6.07, 6.45) is 8.18. The number of benzene rings is 1. The summed E-state index contributed by atoms with van der Waals surface area (Å²) in [5.41, 5.74) is 3.03. The van der Waals surface area contributed by atoms with Crippen LogP contribution in [0.5, 0.6) is 0 Å². The van der Waals surface area contributed by atoms with Gasteiger partial charge in [-0.15, -0.1) is 0 Å². The molecule has 0 radical (unpaired) electrons. The van der Waals surface area contributed by atoms with Gasteiger partial charge >= 0.3 is 0 Å². The molecule has 0 bridgehead atoms. The molecule has 1 aromatic carbocycles. The van der Waals surface area contributed by atoms with Crippen molar-refractivity contribution in [2.75, 3.05) is 6.54 Å². The number of nitrogens with one attached hydrogen (secondary N) is 1. The Bertz CT molecular complexity index is 417. The third kappa shape index (κ3) is 3.18. The van der Waals surface area contributed by atoms with E-state index in [1.165, 1.54) is 43.2 Å². The standard InChI is InChI=1S/C17H25NO/c19-15-8-3-5-13(11-15)12-18-17-10-4-7-14-6-1-2-9-16(14)17/h1-2,6,9,13,15,17-19H,3-5,7-8,10-12H2. The van der Waals surface area contributed by atoms with E-state index in [0.29, 0.717) is 12.0 Å². The lowest BCUT2D eigenvalue weighted by Crippen LogP contribution is -2.33. The molecule has 19 heavy (non-hydrogen) atoms. The van der Waals surface area contributed by atoms with Crippen LogP contribution in [0.15, 0.2) is 24.3 Å². The summed E-state index contributed by atoms with van der Waals surface area (Å²) in [5, 5.41) is 13.5. The molecule has 0 saturated heterocycles. The van der Waals surface area contributed by atoms with Crippen molar-refractivity contribution in [3.8, 4) is 0 Å². The highest BCUT2D eigenvalue weighted by Gasteiger charge is 2.23. The fourth-order valence-corrected chi connectivity index (χ4v) is 3.72. The van der Waals surface area contributed by atoms with Crippen molar-refractivity contribution in [1.29, 1.82) is 0 Å². The van der Waals surface area contributed by atoms with E-state index >= 15 is 0 Å². The topological polar surface area (TPSA) is 32.3 Å². The second-order valence-corrected chi connectivity index (χ2v) is 6.24. The third-order valence-corrected chi connectivity index (χ3v) is 4.78. The lowest BCUT2D eigenvalue weighted by atomic mass is 9.85. The van der Waals surface area contributed by atoms with Crippen molar-refractivity contribution in [2.24, 2.45) is 5.92 Å². The number of aliphatic hydroxyl groups excluding tert-OH is 1. The van der Waals surface area contributed by atoms with Crippen LogP contribution in [-0.2, 0) is 6.42 Å². The van der Waals surface area contributed by atoms with E-state index in [4.69, 9.17) is 0 Å². The Labute approximate surface area is 116 Å². The smallest absolute Gasteiger partial charge is 0.0543 e. The van der Waals surface area contributed by atoms with Crippen LogP contribution < -0.4 is 5.32 Å². The molecule has 1 aromatic rings. The van der Waals surface area contributed by atoms with Crippen molar-refractivity contribution >= 4 is 0 Å². The van der Waals surface area contributed by atoms with Crippen LogP contribution in [-0.4, -0.2) is 17.8 Å². The predicted molar refractivity (Wildman–Crippen MR) is 78.1 cm³/mol. The monoisotopic (exact) mass is 259 g/mol. The van der Waals surface area contributed by atoms with E-state index in [9.17, 15) is 5.11 Å². The van der Waals surface area contributed by atoms with E-state index in [-0.39, 0.29) is 6.10 Å². The summed E-state index contributed by atoms with van der Waals surface area (Å²) >= 11 is 0. The zero-order valence-corrected chi connectivity index (χ0v) is 11.6. The minimum absolute atomic E-state index is 0.0563. The first kappa shape index (κ1) is 13.1. The first-order valence-corrected chi connectivity index (χ1v) is 7.82. The van der Waals surface area contributed by atoms with Crippen LogP contribution in [0.25, 0.3) is 0 Å². The molecule has 0 aliphatic heterocycles. The van der Waals surface area contributed by atoms with Crippen molar-refractivity contribution in [2.45, 2.75) is 57.1 Å². The van der Waals surface area contributed by atoms with Gasteiger partial charge in [0.1, 0.15) is 0 Å². The maximum Gasteiger partial charge on any atom is 0.0543 e.